The normalized spacial score (nSPS) is 11.3. The molecule has 0 aliphatic heterocycles. The van der Waals surface area contributed by atoms with E-state index in [1.807, 2.05) is 0 Å². The van der Waals surface area contributed by atoms with Crippen molar-refractivity contribution < 1.29 is 5.11 Å². The zero-order valence-electron chi connectivity index (χ0n) is 8.41. The number of aromatic amines is 1. The topological polar surface area (TPSA) is 117 Å². The number of aliphatic hydroxyl groups excluding tert-OH is 1. The van der Waals surface area contributed by atoms with Crippen molar-refractivity contribution in [2.45, 2.75) is 6.54 Å². The van der Waals surface area contributed by atoms with Gasteiger partial charge in [-0.25, -0.2) is 9.67 Å². The molecule has 0 aliphatic carbocycles. The first-order chi connectivity index (χ1) is 7.81. The van der Waals surface area contributed by atoms with E-state index in [1.54, 1.807) is 12.4 Å². The lowest BCUT2D eigenvalue weighted by atomic mass is 10.5. The van der Waals surface area contributed by atoms with Gasteiger partial charge in [-0.05, 0) is 0 Å². The molecule has 2 heterocycles. The van der Waals surface area contributed by atoms with Crippen molar-refractivity contribution in [2.24, 2.45) is 10.2 Å². The standard InChI is InChI=1S/C8H11N7O/c9-7-6(5-12-15(7)3-4-16)13-14-8-10-1-2-11-8/h1-2,5,16H,3-4,9H2,(H,10,11)/b14-13+. The van der Waals surface area contributed by atoms with E-state index >= 15 is 0 Å². The van der Waals surface area contributed by atoms with Crippen LogP contribution in [0.25, 0.3) is 0 Å². The molecule has 4 N–H and O–H groups in total. The predicted octanol–water partition coefficient (Wildman–Crippen LogP) is 0.596. The van der Waals surface area contributed by atoms with E-state index in [2.05, 4.69) is 25.3 Å². The number of aromatic nitrogens is 4. The number of nitrogens with zero attached hydrogens (tertiary/aromatic N) is 5. The molecule has 2 rings (SSSR count). The Morgan fingerprint density at radius 2 is 2.38 bits per heavy atom. The van der Waals surface area contributed by atoms with Crippen LogP contribution in [0.2, 0.25) is 0 Å². The summed E-state index contributed by atoms with van der Waals surface area (Å²) in [6.45, 7) is 0.308. The Morgan fingerprint density at radius 3 is 3.06 bits per heavy atom. The summed E-state index contributed by atoms with van der Waals surface area (Å²) in [5.41, 5.74) is 6.18. The average molecular weight is 221 g/mol. The molecule has 8 nitrogen and oxygen atoms in total. The molecule has 2 aromatic heterocycles. The highest BCUT2D eigenvalue weighted by molar-refractivity contribution is 5.56. The lowest BCUT2D eigenvalue weighted by Crippen LogP contribution is -2.07. The van der Waals surface area contributed by atoms with Gasteiger partial charge in [-0.2, -0.15) is 5.10 Å². The van der Waals surface area contributed by atoms with Crippen LogP contribution in [-0.2, 0) is 6.54 Å². The van der Waals surface area contributed by atoms with Crippen molar-refractivity contribution in [3.05, 3.63) is 18.6 Å². The van der Waals surface area contributed by atoms with Crippen LogP contribution in [0.15, 0.2) is 28.8 Å². The number of anilines is 1. The van der Waals surface area contributed by atoms with Gasteiger partial charge in [0.2, 0.25) is 5.95 Å². The molecule has 0 aromatic carbocycles. The average Bonchev–Trinajstić information content (AvgIpc) is 2.89. The van der Waals surface area contributed by atoms with Crippen LogP contribution in [-0.4, -0.2) is 31.5 Å². The molecule has 0 aliphatic rings. The monoisotopic (exact) mass is 221 g/mol. The van der Waals surface area contributed by atoms with Gasteiger partial charge in [0, 0.05) is 12.4 Å². The quantitative estimate of drug-likeness (QED) is 0.655. The van der Waals surface area contributed by atoms with Crippen molar-refractivity contribution in [1.82, 2.24) is 19.7 Å². The summed E-state index contributed by atoms with van der Waals surface area (Å²) in [7, 11) is 0. The second-order valence-corrected chi connectivity index (χ2v) is 2.97. The Balaban J connectivity index is 2.16. The Hall–Kier alpha value is -2.22. The summed E-state index contributed by atoms with van der Waals surface area (Å²) in [6.07, 6.45) is 4.71. The third kappa shape index (κ3) is 2.06. The van der Waals surface area contributed by atoms with Crippen molar-refractivity contribution in [2.75, 3.05) is 12.3 Å². The molecule has 84 valence electrons. The lowest BCUT2D eigenvalue weighted by molar-refractivity contribution is 0.270. The summed E-state index contributed by atoms with van der Waals surface area (Å²) in [5.74, 6) is 0.763. The van der Waals surface area contributed by atoms with Crippen molar-refractivity contribution in [3.63, 3.8) is 0 Å². The molecule has 0 saturated heterocycles. The van der Waals surface area contributed by atoms with Crippen LogP contribution in [0.4, 0.5) is 17.5 Å². The van der Waals surface area contributed by atoms with Crippen LogP contribution in [0.5, 0.6) is 0 Å². The van der Waals surface area contributed by atoms with E-state index in [0.717, 1.165) is 0 Å². The Kier molecular flexibility index (Phi) is 2.92. The van der Waals surface area contributed by atoms with Crippen molar-refractivity contribution >= 4 is 17.5 Å². The fourth-order valence-corrected chi connectivity index (χ4v) is 1.15. The third-order valence-corrected chi connectivity index (χ3v) is 1.91. The number of imidazole rings is 1. The molecular weight excluding hydrogens is 210 g/mol. The highest BCUT2D eigenvalue weighted by Gasteiger charge is 2.05. The smallest absolute Gasteiger partial charge is 0.246 e. The summed E-state index contributed by atoms with van der Waals surface area (Å²) in [5, 5.41) is 20.4. The number of H-pyrrole nitrogens is 1. The molecular formula is C8H11N7O. The second-order valence-electron chi connectivity index (χ2n) is 2.97. The van der Waals surface area contributed by atoms with Crippen LogP contribution in [0.3, 0.4) is 0 Å². The number of nitrogen functional groups attached to an aromatic ring is 1. The lowest BCUT2D eigenvalue weighted by Gasteiger charge is -1.99. The summed E-state index contributed by atoms with van der Waals surface area (Å²) >= 11 is 0. The summed E-state index contributed by atoms with van der Waals surface area (Å²) in [4.78, 5) is 6.66. The summed E-state index contributed by atoms with van der Waals surface area (Å²) in [6, 6.07) is 0. The molecule has 0 saturated carbocycles. The predicted molar refractivity (Wildman–Crippen MR) is 56.5 cm³/mol. The van der Waals surface area contributed by atoms with Gasteiger partial charge < -0.3 is 15.8 Å². The van der Waals surface area contributed by atoms with Crippen LogP contribution < -0.4 is 5.73 Å². The molecule has 8 heteroatoms. The second kappa shape index (κ2) is 4.53. The molecule has 0 fully saturated rings. The van der Waals surface area contributed by atoms with E-state index in [-0.39, 0.29) is 6.61 Å². The Labute approximate surface area is 90.8 Å². The van der Waals surface area contributed by atoms with E-state index < -0.39 is 0 Å². The minimum Gasteiger partial charge on any atom is -0.394 e. The maximum absolute atomic E-state index is 8.75. The SMILES string of the molecule is Nc1c(/N=N/c2ncc[nH]2)cnn1CCO. The van der Waals surface area contributed by atoms with Gasteiger partial charge in [-0.1, -0.05) is 0 Å². The molecule has 16 heavy (non-hydrogen) atoms. The van der Waals surface area contributed by atoms with Crippen LogP contribution in [0.1, 0.15) is 0 Å². The number of hydrogen-bond donors (Lipinski definition) is 3. The zero-order chi connectivity index (χ0) is 11.4. The van der Waals surface area contributed by atoms with Crippen molar-refractivity contribution in [1.29, 1.82) is 0 Å². The van der Waals surface area contributed by atoms with Gasteiger partial charge >= 0.3 is 0 Å². The first kappa shape index (κ1) is 10.3. The largest absolute Gasteiger partial charge is 0.394 e. The highest BCUT2D eigenvalue weighted by atomic mass is 16.3. The number of azo groups is 1. The minimum absolute atomic E-state index is 0.0271. The molecule has 0 amide bonds. The molecule has 0 bridgehead atoms. The van der Waals surface area contributed by atoms with E-state index in [4.69, 9.17) is 10.8 Å². The van der Waals surface area contributed by atoms with E-state index in [0.29, 0.717) is 24.0 Å². The Morgan fingerprint density at radius 1 is 1.50 bits per heavy atom. The van der Waals surface area contributed by atoms with Crippen LogP contribution >= 0.6 is 0 Å². The van der Waals surface area contributed by atoms with Gasteiger partial charge in [0.1, 0.15) is 11.5 Å². The maximum atomic E-state index is 8.75. The fraction of sp³-hybridized carbons (Fsp3) is 0.250. The minimum atomic E-state index is -0.0271. The Bertz CT molecular complexity index is 473. The fourth-order valence-electron chi connectivity index (χ4n) is 1.15. The number of aliphatic hydroxyl groups is 1. The molecule has 0 unspecified atom stereocenters. The number of rotatable bonds is 4. The van der Waals surface area contributed by atoms with Crippen molar-refractivity contribution in [3.8, 4) is 0 Å². The number of hydrogen-bond acceptors (Lipinski definition) is 6. The van der Waals surface area contributed by atoms with Gasteiger partial charge in [-0.3, -0.25) is 0 Å². The van der Waals surface area contributed by atoms with Gasteiger partial charge in [0.05, 0.1) is 19.3 Å². The molecule has 0 atom stereocenters. The first-order valence-electron chi connectivity index (χ1n) is 4.64. The third-order valence-electron chi connectivity index (χ3n) is 1.91. The number of nitrogens with one attached hydrogen (secondary N) is 1. The van der Waals surface area contributed by atoms with Gasteiger partial charge in [-0.15, -0.1) is 10.2 Å². The first-order valence-corrected chi connectivity index (χ1v) is 4.64. The number of nitrogens with two attached hydrogens (primary N) is 1. The van der Waals surface area contributed by atoms with Crippen LogP contribution in [0, 0.1) is 0 Å². The molecule has 0 radical (unpaired) electrons. The zero-order valence-corrected chi connectivity index (χ0v) is 8.41. The molecule has 0 spiro atoms. The molecule has 2 aromatic rings. The summed E-state index contributed by atoms with van der Waals surface area (Å²) < 4.78 is 1.45. The van der Waals surface area contributed by atoms with E-state index in [1.165, 1.54) is 10.9 Å². The van der Waals surface area contributed by atoms with Gasteiger partial charge in [0.25, 0.3) is 0 Å². The van der Waals surface area contributed by atoms with Gasteiger partial charge in [0.15, 0.2) is 0 Å². The van der Waals surface area contributed by atoms with E-state index in [9.17, 15) is 0 Å². The highest BCUT2D eigenvalue weighted by Crippen LogP contribution is 2.22. The maximum Gasteiger partial charge on any atom is 0.246 e.